The third-order valence-electron chi connectivity index (χ3n) is 2.75. The summed E-state index contributed by atoms with van der Waals surface area (Å²) in [5.41, 5.74) is 3.11. The van der Waals surface area contributed by atoms with Crippen LogP contribution in [0.4, 0.5) is 0 Å². The highest BCUT2D eigenvalue weighted by molar-refractivity contribution is 7.98. The van der Waals surface area contributed by atoms with E-state index >= 15 is 0 Å². The molecule has 3 heterocycles. The Morgan fingerprint density at radius 2 is 1.45 bits per heavy atom. The highest BCUT2D eigenvalue weighted by Crippen LogP contribution is 2.22. The molecular formula is C15H12N4S. The molecule has 0 aliphatic rings. The largest absolute Gasteiger partial charge is 0.265 e. The average molecular weight is 280 g/mol. The minimum absolute atomic E-state index is 0.862. The van der Waals surface area contributed by atoms with E-state index in [9.17, 15) is 0 Å². The molecule has 0 saturated heterocycles. The Morgan fingerprint density at radius 1 is 0.750 bits per heavy atom. The second kappa shape index (κ2) is 6.25. The minimum atomic E-state index is 0.862. The van der Waals surface area contributed by atoms with Gasteiger partial charge in [-0.15, -0.1) is 10.2 Å². The van der Waals surface area contributed by atoms with E-state index in [1.807, 2.05) is 36.4 Å². The lowest BCUT2D eigenvalue weighted by Gasteiger charge is -2.02. The molecule has 0 amide bonds. The van der Waals surface area contributed by atoms with E-state index in [4.69, 9.17) is 0 Å². The Bertz CT molecular complexity index is 656. The van der Waals surface area contributed by atoms with Gasteiger partial charge in [0.05, 0.1) is 5.69 Å². The molecule has 0 radical (unpaired) electrons. The first-order valence-electron chi connectivity index (χ1n) is 6.18. The van der Waals surface area contributed by atoms with Crippen molar-refractivity contribution in [2.45, 2.75) is 10.8 Å². The van der Waals surface area contributed by atoms with Gasteiger partial charge in [0.2, 0.25) is 0 Å². The van der Waals surface area contributed by atoms with Crippen LogP contribution >= 0.6 is 11.8 Å². The van der Waals surface area contributed by atoms with Crippen LogP contribution in [0.2, 0.25) is 0 Å². The van der Waals surface area contributed by atoms with E-state index in [1.54, 1.807) is 36.5 Å². The summed E-state index contributed by atoms with van der Waals surface area (Å²) in [4.78, 5) is 8.00. The van der Waals surface area contributed by atoms with Crippen LogP contribution in [0.15, 0.2) is 66.2 Å². The van der Waals surface area contributed by atoms with E-state index in [0.717, 1.165) is 22.0 Å². The summed E-state index contributed by atoms with van der Waals surface area (Å²) in [7, 11) is 0. The van der Waals surface area contributed by atoms with Gasteiger partial charge in [0.15, 0.2) is 0 Å². The SMILES string of the molecule is c1cc(CSc2ccc(-c3ccncc3)nn2)ccn1. The molecule has 0 unspecified atom stereocenters. The summed E-state index contributed by atoms with van der Waals surface area (Å²) in [6, 6.07) is 11.8. The fraction of sp³-hybridized carbons (Fsp3) is 0.0667. The van der Waals surface area contributed by atoms with Crippen LogP contribution < -0.4 is 0 Å². The fourth-order valence-electron chi connectivity index (χ4n) is 1.71. The summed E-state index contributed by atoms with van der Waals surface area (Å²) < 4.78 is 0. The molecule has 0 aromatic carbocycles. The first-order valence-corrected chi connectivity index (χ1v) is 7.16. The van der Waals surface area contributed by atoms with Gasteiger partial charge in [-0.1, -0.05) is 11.8 Å². The molecule has 98 valence electrons. The number of hydrogen-bond acceptors (Lipinski definition) is 5. The van der Waals surface area contributed by atoms with Gasteiger partial charge in [-0.2, -0.15) is 0 Å². The number of thioether (sulfide) groups is 1. The average Bonchev–Trinajstić information content (AvgIpc) is 2.55. The van der Waals surface area contributed by atoms with Crippen molar-refractivity contribution in [3.8, 4) is 11.3 Å². The van der Waals surface area contributed by atoms with Crippen molar-refractivity contribution in [2.75, 3.05) is 0 Å². The number of hydrogen-bond donors (Lipinski definition) is 0. The van der Waals surface area contributed by atoms with Crippen molar-refractivity contribution in [1.82, 2.24) is 20.2 Å². The Kier molecular flexibility index (Phi) is 3.99. The molecule has 5 heteroatoms. The fourth-order valence-corrected chi connectivity index (χ4v) is 2.48. The number of aromatic nitrogens is 4. The number of pyridine rings is 2. The van der Waals surface area contributed by atoms with Crippen molar-refractivity contribution in [1.29, 1.82) is 0 Å². The van der Waals surface area contributed by atoms with Gasteiger partial charge in [0.1, 0.15) is 5.03 Å². The van der Waals surface area contributed by atoms with Crippen molar-refractivity contribution in [3.05, 3.63) is 66.7 Å². The Balaban J connectivity index is 1.68. The molecule has 0 fully saturated rings. The van der Waals surface area contributed by atoms with Crippen molar-refractivity contribution < 1.29 is 0 Å². The molecule has 0 N–H and O–H groups in total. The van der Waals surface area contributed by atoms with Crippen LogP contribution in [0.3, 0.4) is 0 Å². The summed E-state index contributed by atoms with van der Waals surface area (Å²) in [6.45, 7) is 0. The molecule has 0 aliphatic heterocycles. The van der Waals surface area contributed by atoms with Gasteiger partial charge < -0.3 is 0 Å². The van der Waals surface area contributed by atoms with Crippen molar-refractivity contribution >= 4 is 11.8 Å². The topological polar surface area (TPSA) is 51.6 Å². The smallest absolute Gasteiger partial charge is 0.119 e. The maximum Gasteiger partial charge on any atom is 0.119 e. The van der Waals surface area contributed by atoms with Crippen molar-refractivity contribution in [3.63, 3.8) is 0 Å². The van der Waals surface area contributed by atoms with Crippen LogP contribution in [0.5, 0.6) is 0 Å². The predicted molar refractivity (Wildman–Crippen MR) is 79.1 cm³/mol. The third kappa shape index (κ3) is 3.19. The first-order chi connectivity index (χ1) is 9.92. The molecule has 4 nitrogen and oxygen atoms in total. The zero-order valence-corrected chi connectivity index (χ0v) is 11.5. The molecule has 0 saturated carbocycles. The molecule has 3 rings (SSSR count). The lowest BCUT2D eigenvalue weighted by Crippen LogP contribution is -1.90. The highest BCUT2D eigenvalue weighted by atomic mass is 32.2. The molecule has 0 atom stereocenters. The van der Waals surface area contributed by atoms with Crippen LogP contribution in [0, 0.1) is 0 Å². The summed E-state index contributed by atoms with van der Waals surface area (Å²) >= 11 is 1.66. The van der Waals surface area contributed by atoms with E-state index in [0.29, 0.717) is 0 Å². The second-order valence-corrected chi connectivity index (χ2v) is 5.13. The van der Waals surface area contributed by atoms with Crippen LogP contribution in [0.25, 0.3) is 11.3 Å². The number of rotatable bonds is 4. The maximum atomic E-state index is 4.25. The zero-order valence-electron chi connectivity index (χ0n) is 10.7. The summed E-state index contributed by atoms with van der Waals surface area (Å²) in [6.07, 6.45) is 7.11. The second-order valence-electron chi connectivity index (χ2n) is 4.14. The van der Waals surface area contributed by atoms with E-state index < -0.39 is 0 Å². The summed E-state index contributed by atoms with van der Waals surface area (Å²) in [5.74, 6) is 0.867. The van der Waals surface area contributed by atoms with Crippen LogP contribution in [0.1, 0.15) is 5.56 Å². The molecule has 0 spiro atoms. The molecule has 0 bridgehead atoms. The third-order valence-corrected chi connectivity index (χ3v) is 3.74. The highest BCUT2D eigenvalue weighted by Gasteiger charge is 2.02. The lowest BCUT2D eigenvalue weighted by molar-refractivity contribution is 0.935. The first kappa shape index (κ1) is 12.7. The molecule has 3 aromatic rings. The molecule has 3 aromatic heterocycles. The molecule has 0 aliphatic carbocycles. The predicted octanol–water partition coefficient (Wildman–Crippen LogP) is 3.23. The monoisotopic (exact) mass is 280 g/mol. The normalized spacial score (nSPS) is 10.4. The van der Waals surface area contributed by atoms with Crippen LogP contribution in [-0.2, 0) is 5.75 Å². The standard InChI is InChI=1S/C15H12N4S/c1-2-15(20-11-12-3-7-16-8-4-12)19-18-14(1)13-5-9-17-10-6-13/h1-10H,11H2. The zero-order chi connectivity index (χ0) is 13.6. The number of nitrogens with zero attached hydrogens (tertiary/aromatic N) is 4. The minimum Gasteiger partial charge on any atom is -0.265 e. The molecule has 20 heavy (non-hydrogen) atoms. The van der Waals surface area contributed by atoms with Gasteiger partial charge in [-0.05, 0) is 42.0 Å². The molecular weight excluding hydrogens is 268 g/mol. The van der Waals surface area contributed by atoms with Gasteiger partial charge in [-0.3, -0.25) is 9.97 Å². The Morgan fingerprint density at radius 3 is 2.10 bits per heavy atom. The van der Waals surface area contributed by atoms with Crippen molar-refractivity contribution in [2.24, 2.45) is 0 Å². The van der Waals surface area contributed by atoms with Gasteiger partial charge in [0, 0.05) is 36.1 Å². The lowest BCUT2D eigenvalue weighted by atomic mass is 10.2. The van der Waals surface area contributed by atoms with Gasteiger partial charge in [-0.25, -0.2) is 0 Å². The van der Waals surface area contributed by atoms with Crippen LogP contribution in [-0.4, -0.2) is 20.2 Å². The van der Waals surface area contributed by atoms with E-state index in [-0.39, 0.29) is 0 Å². The van der Waals surface area contributed by atoms with Gasteiger partial charge in [0.25, 0.3) is 0 Å². The van der Waals surface area contributed by atoms with E-state index in [2.05, 4.69) is 20.2 Å². The summed E-state index contributed by atoms with van der Waals surface area (Å²) in [5, 5.41) is 9.41. The quantitative estimate of drug-likeness (QED) is 0.687. The Labute approximate surface area is 121 Å². The van der Waals surface area contributed by atoms with Gasteiger partial charge >= 0.3 is 0 Å². The van der Waals surface area contributed by atoms with E-state index in [1.165, 1.54) is 5.56 Å². The Hall–Kier alpha value is -2.27. The maximum absolute atomic E-state index is 4.25.